The molecular formula is C18H22N2O4S. The third-order valence-electron chi connectivity index (χ3n) is 3.52. The molecule has 0 atom stereocenters. The highest BCUT2D eigenvalue weighted by Gasteiger charge is 2.22. The molecule has 0 radical (unpaired) electrons. The summed E-state index contributed by atoms with van der Waals surface area (Å²) in [4.78, 5) is 12.3. The minimum absolute atomic E-state index is 0.159. The van der Waals surface area contributed by atoms with Crippen molar-refractivity contribution in [3.8, 4) is 5.75 Å². The Morgan fingerprint density at radius 2 is 1.84 bits per heavy atom. The largest absolute Gasteiger partial charge is 0.494 e. The fourth-order valence-corrected chi connectivity index (χ4v) is 3.34. The van der Waals surface area contributed by atoms with Crippen LogP contribution in [0.25, 0.3) is 0 Å². The van der Waals surface area contributed by atoms with Crippen LogP contribution in [0.2, 0.25) is 0 Å². The minimum atomic E-state index is -3.71. The Hall–Kier alpha value is -2.38. The first-order valence-electron chi connectivity index (χ1n) is 7.88. The Bertz CT molecular complexity index is 832. The van der Waals surface area contributed by atoms with Gasteiger partial charge in [-0.2, -0.15) is 4.31 Å². The number of carbonyl (C=O) groups is 1. The average Bonchev–Trinajstić information content (AvgIpc) is 2.55. The SMILES string of the molecule is CCOc1cccc(NC(=O)CN(C)S(=O)(=O)c2ccc(C)cc2)c1. The number of hydrogen-bond donors (Lipinski definition) is 1. The van der Waals surface area contributed by atoms with Crippen molar-refractivity contribution in [2.45, 2.75) is 18.7 Å². The average molecular weight is 362 g/mol. The van der Waals surface area contributed by atoms with Crippen LogP contribution in [-0.4, -0.2) is 38.8 Å². The number of nitrogens with zero attached hydrogens (tertiary/aromatic N) is 1. The molecule has 0 aliphatic heterocycles. The predicted octanol–water partition coefficient (Wildman–Crippen LogP) is 2.65. The zero-order valence-electron chi connectivity index (χ0n) is 14.5. The van der Waals surface area contributed by atoms with Crippen LogP contribution in [0.5, 0.6) is 5.75 Å². The van der Waals surface area contributed by atoms with Gasteiger partial charge in [-0.3, -0.25) is 4.79 Å². The van der Waals surface area contributed by atoms with Gasteiger partial charge in [0.15, 0.2) is 0 Å². The lowest BCUT2D eigenvalue weighted by molar-refractivity contribution is -0.116. The number of aryl methyl sites for hydroxylation is 1. The number of sulfonamides is 1. The molecule has 0 saturated carbocycles. The molecule has 0 bridgehead atoms. The molecule has 25 heavy (non-hydrogen) atoms. The number of nitrogens with one attached hydrogen (secondary N) is 1. The summed E-state index contributed by atoms with van der Waals surface area (Å²) in [6.45, 7) is 3.99. The van der Waals surface area contributed by atoms with Crippen LogP contribution >= 0.6 is 0 Å². The normalized spacial score (nSPS) is 11.4. The summed E-state index contributed by atoms with van der Waals surface area (Å²) in [6.07, 6.45) is 0. The molecule has 2 rings (SSSR count). The van der Waals surface area contributed by atoms with Crippen LogP contribution in [0.15, 0.2) is 53.4 Å². The van der Waals surface area contributed by atoms with Crippen LogP contribution in [0.3, 0.4) is 0 Å². The first kappa shape index (κ1) is 19.0. The fraction of sp³-hybridized carbons (Fsp3) is 0.278. The van der Waals surface area contributed by atoms with Crippen molar-refractivity contribution in [2.75, 3.05) is 25.5 Å². The van der Waals surface area contributed by atoms with E-state index in [1.54, 1.807) is 36.4 Å². The lowest BCUT2D eigenvalue weighted by Gasteiger charge is -2.17. The number of likely N-dealkylation sites (N-methyl/N-ethyl adjacent to an activating group) is 1. The van der Waals surface area contributed by atoms with Crippen molar-refractivity contribution >= 4 is 21.6 Å². The lowest BCUT2D eigenvalue weighted by atomic mass is 10.2. The van der Waals surface area contributed by atoms with Gasteiger partial charge in [-0.25, -0.2) is 8.42 Å². The Kier molecular flexibility index (Phi) is 6.17. The fourth-order valence-electron chi connectivity index (χ4n) is 2.21. The number of amides is 1. The highest BCUT2D eigenvalue weighted by molar-refractivity contribution is 7.89. The summed E-state index contributed by atoms with van der Waals surface area (Å²) in [7, 11) is -2.33. The van der Waals surface area contributed by atoms with Crippen molar-refractivity contribution in [2.24, 2.45) is 0 Å². The summed E-state index contributed by atoms with van der Waals surface area (Å²) in [5.41, 5.74) is 1.52. The van der Waals surface area contributed by atoms with E-state index >= 15 is 0 Å². The van der Waals surface area contributed by atoms with Gasteiger partial charge in [-0.1, -0.05) is 23.8 Å². The van der Waals surface area contributed by atoms with E-state index in [9.17, 15) is 13.2 Å². The van der Waals surface area contributed by atoms with Crippen LogP contribution < -0.4 is 10.1 Å². The van der Waals surface area contributed by atoms with Gasteiger partial charge in [-0.15, -0.1) is 0 Å². The van der Waals surface area contributed by atoms with E-state index in [1.807, 2.05) is 13.8 Å². The number of benzene rings is 2. The van der Waals surface area contributed by atoms with Crippen LogP contribution in [0.4, 0.5) is 5.69 Å². The zero-order valence-corrected chi connectivity index (χ0v) is 15.3. The topological polar surface area (TPSA) is 75.7 Å². The summed E-state index contributed by atoms with van der Waals surface area (Å²) in [5, 5.41) is 2.68. The lowest BCUT2D eigenvalue weighted by Crippen LogP contribution is -2.34. The Labute approximate surface area is 148 Å². The molecule has 0 saturated heterocycles. The van der Waals surface area contributed by atoms with Gasteiger partial charge in [0.2, 0.25) is 15.9 Å². The molecule has 0 fully saturated rings. The Balaban J connectivity index is 2.04. The summed E-state index contributed by atoms with van der Waals surface area (Å²) < 4.78 is 31.4. The van der Waals surface area contributed by atoms with Gasteiger partial charge in [-0.05, 0) is 38.1 Å². The highest BCUT2D eigenvalue weighted by Crippen LogP contribution is 2.18. The molecule has 1 N–H and O–H groups in total. The van der Waals surface area contributed by atoms with Gasteiger partial charge in [0, 0.05) is 18.8 Å². The van der Waals surface area contributed by atoms with E-state index in [1.165, 1.54) is 19.2 Å². The minimum Gasteiger partial charge on any atom is -0.494 e. The van der Waals surface area contributed by atoms with Gasteiger partial charge in [0.1, 0.15) is 5.75 Å². The molecule has 0 spiro atoms. The second-order valence-corrected chi connectivity index (χ2v) is 7.63. The molecule has 2 aromatic carbocycles. The monoisotopic (exact) mass is 362 g/mol. The second-order valence-electron chi connectivity index (χ2n) is 5.58. The maximum atomic E-state index is 12.5. The molecule has 0 aliphatic rings. The van der Waals surface area contributed by atoms with Gasteiger partial charge >= 0.3 is 0 Å². The van der Waals surface area contributed by atoms with Crippen molar-refractivity contribution in [3.05, 3.63) is 54.1 Å². The maximum absolute atomic E-state index is 12.5. The molecule has 1 amide bonds. The molecule has 0 unspecified atom stereocenters. The highest BCUT2D eigenvalue weighted by atomic mass is 32.2. The van der Waals surface area contributed by atoms with Gasteiger partial charge in [0.05, 0.1) is 18.0 Å². The molecular weight excluding hydrogens is 340 g/mol. The van der Waals surface area contributed by atoms with E-state index in [2.05, 4.69) is 5.32 Å². The van der Waals surface area contributed by atoms with Crippen molar-refractivity contribution < 1.29 is 17.9 Å². The quantitative estimate of drug-likeness (QED) is 0.822. The number of rotatable bonds is 7. The standard InChI is InChI=1S/C18H22N2O4S/c1-4-24-16-7-5-6-15(12-16)19-18(21)13-20(3)25(22,23)17-10-8-14(2)9-11-17/h5-12H,4,13H2,1-3H3,(H,19,21). The smallest absolute Gasteiger partial charge is 0.243 e. The van der Waals surface area contributed by atoms with Crippen LogP contribution in [-0.2, 0) is 14.8 Å². The summed E-state index contributed by atoms with van der Waals surface area (Å²) >= 11 is 0. The second kappa shape index (κ2) is 8.13. The third-order valence-corrected chi connectivity index (χ3v) is 5.34. The van der Waals surface area contributed by atoms with Crippen LogP contribution in [0, 0.1) is 6.92 Å². The molecule has 0 aromatic heterocycles. The molecule has 0 heterocycles. The van der Waals surface area contributed by atoms with E-state index in [4.69, 9.17) is 4.74 Å². The first-order chi connectivity index (χ1) is 11.8. The summed E-state index contributed by atoms with van der Waals surface area (Å²) in [5.74, 6) is 0.216. The number of carbonyl (C=O) groups excluding carboxylic acids is 1. The Morgan fingerprint density at radius 1 is 1.16 bits per heavy atom. The molecule has 6 nitrogen and oxygen atoms in total. The van der Waals surface area contributed by atoms with E-state index in [0.29, 0.717) is 18.0 Å². The van der Waals surface area contributed by atoms with Gasteiger partial charge < -0.3 is 10.1 Å². The van der Waals surface area contributed by atoms with E-state index < -0.39 is 15.9 Å². The first-order valence-corrected chi connectivity index (χ1v) is 9.32. The number of ether oxygens (including phenoxy) is 1. The van der Waals surface area contributed by atoms with Crippen molar-refractivity contribution in [3.63, 3.8) is 0 Å². The van der Waals surface area contributed by atoms with Gasteiger partial charge in [0.25, 0.3) is 0 Å². The number of anilines is 1. The zero-order chi connectivity index (χ0) is 18.4. The van der Waals surface area contributed by atoms with E-state index in [0.717, 1.165) is 9.87 Å². The molecule has 0 aliphatic carbocycles. The summed E-state index contributed by atoms with van der Waals surface area (Å²) in [6, 6.07) is 13.5. The van der Waals surface area contributed by atoms with Crippen molar-refractivity contribution in [1.29, 1.82) is 0 Å². The van der Waals surface area contributed by atoms with Crippen molar-refractivity contribution in [1.82, 2.24) is 4.31 Å². The maximum Gasteiger partial charge on any atom is 0.243 e. The Morgan fingerprint density at radius 3 is 2.48 bits per heavy atom. The number of hydrogen-bond acceptors (Lipinski definition) is 4. The molecule has 134 valence electrons. The molecule has 2 aromatic rings. The predicted molar refractivity (Wildman–Crippen MR) is 97.2 cm³/mol. The van der Waals surface area contributed by atoms with Crippen LogP contribution in [0.1, 0.15) is 12.5 Å². The molecule has 7 heteroatoms. The van der Waals surface area contributed by atoms with E-state index in [-0.39, 0.29) is 11.4 Å². The third kappa shape index (κ3) is 5.04.